The van der Waals surface area contributed by atoms with Gasteiger partial charge in [-0.2, -0.15) is 0 Å². The Labute approximate surface area is 270 Å². The zero-order valence-electron chi connectivity index (χ0n) is 25.4. The molecule has 3 aromatic heterocycles. The summed E-state index contributed by atoms with van der Waals surface area (Å²) in [5, 5.41) is 46.7. The number of allylic oxidation sites excluding steroid dienone is 3. The van der Waals surface area contributed by atoms with Crippen molar-refractivity contribution in [2.75, 3.05) is 0 Å². The molecule has 0 unspecified atom stereocenters. The molecule has 10 nitrogen and oxygen atoms in total. The van der Waals surface area contributed by atoms with E-state index in [1.165, 1.54) is 13.0 Å². The Morgan fingerprint density at radius 1 is 0.844 bits per heavy atom. The monoisotopic (exact) mass is 648 g/mol. The smallest absolute Gasteiger partial charge is 0.657 e. The molecule has 0 radical (unpaired) electrons. The van der Waals surface area contributed by atoms with E-state index in [2.05, 4.69) is 18.1 Å². The zero-order chi connectivity index (χ0) is 32.1. The third-order valence-corrected chi connectivity index (χ3v) is 8.74. The molecule has 2 aliphatic heterocycles. The van der Waals surface area contributed by atoms with Crippen LogP contribution in [0.3, 0.4) is 0 Å². The molecule has 0 spiro atoms. The molecule has 0 aromatic carbocycles. The number of aliphatic carboxylic acids is 2. The number of hydrogen-bond acceptors (Lipinski definition) is 8. The van der Waals surface area contributed by atoms with Crippen LogP contribution in [0.25, 0.3) is 39.3 Å². The van der Waals surface area contributed by atoms with Crippen LogP contribution in [-0.2, 0) is 44.3 Å². The van der Waals surface area contributed by atoms with E-state index in [4.69, 9.17) is 15.0 Å². The number of aromatic nitrogens is 4. The average molecular weight is 648 g/mol. The Hall–Kier alpha value is -4.28. The summed E-state index contributed by atoms with van der Waals surface area (Å²) in [4.78, 5) is 41.9. The van der Waals surface area contributed by atoms with Crippen LogP contribution in [-0.4, -0.2) is 32.1 Å². The normalized spacial score (nSPS) is 19.2. The van der Waals surface area contributed by atoms with Gasteiger partial charge in [-0.1, -0.05) is 60.2 Å². The maximum atomic E-state index is 12.0. The van der Waals surface area contributed by atoms with E-state index in [1.807, 2.05) is 26.8 Å². The summed E-state index contributed by atoms with van der Waals surface area (Å²) in [6.45, 7) is 14.9. The standard InChI is InChI=1S/C34H36N4O6.Fe/c1-7-20-17(3)23-13-24-19(5)22(9-10-31(39)40)28(37-24)16-30-34(44,12-11-32(41)42)33(6,43)29(38-30)15-27-21(8-2)18(4)25(36-27)14-26(20)35-23;/h7-8,13-16,43-44H,1-2,9-12H2,3-6H3,(H4,35,36,37,38,39,40,41,42);/q;+2/p-4/t33-,34-;/m1./s1. The van der Waals surface area contributed by atoms with Gasteiger partial charge in [-0.15, -0.1) is 22.1 Å². The first-order chi connectivity index (χ1) is 20.7. The van der Waals surface area contributed by atoms with E-state index in [1.54, 1.807) is 24.3 Å². The second kappa shape index (κ2) is 12.3. The molecule has 5 heterocycles. The Balaban J connectivity index is 0.00000461. The summed E-state index contributed by atoms with van der Waals surface area (Å²) in [5.41, 5.74) is 3.46. The predicted octanol–water partition coefficient (Wildman–Crippen LogP) is 2.25. The number of hydrogen-bond donors (Lipinski definition) is 2. The fourth-order valence-corrected chi connectivity index (χ4v) is 5.94. The Morgan fingerprint density at radius 3 is 2.11 bits per heavy atom. The average Bonchev–Trinajstić information content (AvgIpc) is 3.58. The quantitative estimate of drug-likeness (QED) is 0.345. The molecule has 0 fully saturated rings. The number of carbonyl (C=O) groups excluding carboxylic acids is 2. The minimum absolute atomic E-state index is 0. The molecule has 2 N–H and O–H groups in total. The number of rotatable bonds is 8. The van der Waals surface area contributed by atoms with Crippen molar-refractivity contribution >= 4 is 51.2 Å². The summed E-state index contributed by atoms with van der Waals surface area (Å²) in [6, 6.07) is 6.65. The van der Waals surface area contributed by atoms with Crippen LogP contribution >= 0.6 is 0 Å². The van der Waals surface area contributed by atoms with E-state index in [0.29, 0.717) is 50.2 Å². The fourth-order valence-electron chi connectivity index (χ4n) is 5.94. The van der Waals surface area contributed by atoms with Crippen molar-refractivity contribution in [3.8, 4) is 0 Å². The number of carboxylic acids is 2. The predicted molar refractivity (Wildman–Crippen MR) is 162 cm³/mol. The third-order valence-electron chi connectivity index (χ3n) is 8.74. The first kappa shape index (κ1) is 33.6. The fraction of sp³-hybridized carbons (Fsp3) is 0.294. The van der Waals surface area contributed by atoms with Gasteiger partial charge in [-0.05, 0) is 70.6 Å². The molecule has 0 saturated carbocycles. The third kappa shape index (κ3) is 5.68. The number of aryl methyl sites for hydroxylation is 3. The SMILES string of the molecule is C=CC1=C(C)c2cc3[n-]c(cc4[n-]c(cc5nc(cc1n2)[C@@](C)(O)[C@@]5(O)CCC(=O)[O-])c(CCC(=O)[O-])c4C)c(C)c3C=C.[Fe+2]. The second-order valence-electron chi connectivity index (χ2n) is 11.4. The summed E-state index contributed by atoms with van der Waals surface area (Å²) in [7, 11) is 0. The molecule has 0 saturated heterocycles. The second-order valence-corrected chi connectivity index (χ2v) is 11.4. The van der Waals surface area contributed by atoms with Crippen molar-refractivity contribution < 1.29 is 47.1 Å². The van der Waals surface area contributed by atoms with Crippen molar-refractivity contribution in [2.45, 2.75) is 64.6 Å². The topological polar surface area (TPSA) is 175 Å². The Kier molecular flexibility index (Phi) is 9.15. The molecule has 0 amide bonds. The van der Waals surface area contributed by atoms with E-state index >= 15 is 0 Å². The molecule has 2 aliphatic rings. The molecule has 0 aliphatic carbocycles. The number of aliphatic hydroxyl groups is 2. The molecular weight excluding hydrogens is 616 g/mol. The van der Waals surface area contributed by atoms with Gasteiger partial charge < -0.3 is 40.0 Å². The van der Waals surface area contributed by atoms with Crippen LogP contribution in [0.5, 0.6) is 0 Å². The minimum atomic E-state index is -2.16. The number of nitrogens with zero attached hydrogens (tertiary/aromatic N) is 4. The largest absolute Gasteiger partial charge is 2.00 e. The van der Waals surface area contributed by atoms with Crippen LogP contribution in [0, 0.1) is 13.8 Å². The van der Waals surface area contributed by atoms with Crippen molar-refractivity contribution in [1.82, 2.24) is 19.9 Å². The van der Waals surface area contributed by atoms with E-state index in [9.17, 15) is 30.0 Å². The molecular formula is C34H32FeN4O6-2. The number of fused-ring (bicyclic) bond motifs is 8. The van der Waals surface area contributed by atoms with Gasteiger partial charge >= 0.3 is 17.1 Å². The van der Waals surface area contributed by atoms with Crippen LogP contribution in [0.4, 0.5) is 0 Å². The van der Waals surface area contributed by atoms with Gasteiger partial charge in [-0.25, -0.2) is 4.98 Å². The summed E-state index contributed by atoms with van der Waals surface area (Å²) in [5.74, 6) is -2.65. The van der Waals surface area contributed by atoms with E-state index in [0.717, 1.165) is 16.7 Å². The Bertz CT molecular complexity index is 1950. The van der Waals surface area contributed by atoms with Crippen molar-refractivity contribution in [1.29, 1.82) is 0 Å². The van der Waals surface area contributed by atoms with Gasteiger partial charge in [0.05, 0.1) is 22.8 Å². The molecule has 45 heavy (non-hydrogen) atoms. The molecule has 234 valence electrons. The van der Waals surface area contributed by atoms with E-state index in [-0.39, 0.29) is 41.3 Å². The van der Waals surface area contributed by atoms with Gasteiger partial charge in [0.2, 0.25) is 0 Å². The minimum Gasteiger partial charge on any atom is -0.657 e. The van der Waals surface area contributed by atoms with Crippen LogP contribution in [0.15, 0.2) is 43.5 Å². The van der Waals surface area contributed by atoms with Crippen molar-refractivity contribution in [3.63, 3.8) is 0 Å². The summed E-state index contributed by atoms with van der Waals surface area (Å²) in [6.07, 6.45) is 2.20. The van der Waals surface area contributed by atoms with Gasteiger partial charge in [0.15, 0.2) is 0 Å². The first-order valence-electron chi connectivity index (χ1n) is 14.2. The van der Waals surface area contributed by atoms with Gasteiger partial charge in [0.25, 0.3) is 0 Å². The maximum Gasteiger partial charge on any atom is 2.00 e. The van der Waals surface area contributed by atoms with Gasteiger partial charge in [-0.3, -0.25) is 4.98 Å². The van der Waals surface area contributed by atoms with Gasteiger partial charge in [0.1, 0.15) is 11.2 Å². The molecule has 3 aromatic rings. The van der Waals surface area contributed by atoms with Crippen LogP contribution < -0.4 is 20.2 Å². The summed E-state index contributed by atoms with van der Waals surface area (Å²) >= 11 is 0. The number of carbonyl (C=O) groups is 2. The molecule has 2 atom stereocenters. The van der Waals surface area contributed by atoms with Crippen molar-refractivity contribution in [2.24, 2.45) is 0 Å². The number of carboxylic acid groups (broad SMARTS) is 2. The van der Waals surface area contributed by atoms with Crippen molar-refractivity contribution in [3.05, 3.63) is 88.5 Å². The maximum absolute atomic E-state index is 12.0. The summed E-state index contributed by atoms with van der Waals surface area (Å²) < 4.78 is 0. The Morgan fingerprint density at radius 2 is 1.49 bits per heavy atom. The van der Waals surface area contributed by atoms with Crippen LogP contribution in [0.2, 0.25) is 0 Å². The molecule has 8 bridgehead atoms. The molecule has 5 rings (SSSR count). The molecule has 11 heteroatoms. The zero-order valence-corrected chi connectivity index (χ0v) is 26.5. The van der Waals surface area contributed by atoms with Crippen LogP contribution in [0.1, 0.15) is 78.1 Å². The van der Waals surface area contributed by atoms with E-state index < -0.39 is 36.0 Å². The van der Waals surface area contributed by atoms with Gasteiger partial charge in [0, 0.05) is 17.5 Å². The first-order valence-corrected chi connectivity index (χ1v) is 14.2.